The molecule has 3 aromatic rings. The first kappa shape index (κ1) is 26.1. The molecule has 0 atom stereocenters. The molecule has 11 heteroatoms. The van der Waals surface area contributed by atoms with E-state index in [1.54, 1.807) is 29.2 Å². The average molecular weight is 537 g/mol. The lowest BCUT2D eigenvalue weighted by Crippen LogP contribution is -2.33. The van der Waals surface area contributed by atoms with E-state index in [1.165, 1.54) is 18.3 Å². The van der Waals surface area contributed by atoms with Crippen LogP contribution in [0.15, 0.2) is 60.8 Å². The number of rotatable bonds is 8. The van der Waals surface area contributed by atoms with Crippen LogP contribution in [0.1, 0.15) is 31.2 Å². The van der Waals surface area contributed by atoms with E-state index in [2.05, 4.69) is 15.6 Å². The van der Waals surface area contributed by atoms with Crippen LogP contribution in [0.5, 0.6) is 11.5 Å². The monoisotopic (exact) mass is 536 g/mol. The summed E-state index contributed by atoms with van der Waals surface area (Å²) in [7, 11) is 0. The number of urea groups is 1. The smallest absolute Gasteiger partial charge is 0.323 e. The number of halogens is 2. The number of carbonyl (C=O) groups is 3. The van der Waals surface area contributed by atoms with Gasteiger partial charge >= 0.3 is 12.0 Å². The van der Waals surface area contributed by atoms with Crippen molar-refractivity contribution in [2.45, 2.75) is 32.3 Å². The lowest BCUT2D eigenvalue weighted by molar-refractivity contribution is -0.154. The van der Waals surface area contributed by atoms with Gasteiger partial charge in [-0.2, -0.15) is 0 Å². The Hall–Kier alpha value is -4.54. The molecule has 1 saturated heterocycles. The van der Waals surface area contributed by atoms with E-state index in [9.17, 15) is 23.2 Å². The summed E-state index contributed by atoms with van der Waals surface area (Å²) in [6.07, 6.45) is 3.73. The molecule has 9 nitrogen and oxygen atoms in total. The number of likely N-dealkylation sites (tertiary alicyclic amines) is 1. The first-order chi connectivity index (χ1) is 18.8. The van der Waals surface area contributed by atoms with Crippen molar-refractivity contribution in [3.63, 3.8) is 0 Å². The molecule has 5 rings (SSSR count). The lowest BCUT2D eigenvalue weighted by Gasteiger charge is -2.16. The molecule has 3 amide bonds. The zero-order chi connectivity index (χ0) is 27.4. The molecule has 1 aliphatic heterocycles. The maximum absolute atomic E-state index is 14.8. The lowest BCUT2D eigenvalue weighted by atomic mass is 10.1. The van der Waals surface area contributed by atoms with E-state index in [0.29, 0.717) is 13.1 Å². The Labute approximate surface area is 223 Å². The summed E-state index contributed by atoms with van der Waals surface area (Å²) in [5, 5.41) is 4.97. The highest BCUT2D eigenvalue weighted by molar-refractivity contribution is 6.11. The number of aromatic nitrogens is 1. The molecule has 2 heterocycles. The van der Waals surface area contributed by atoms with Gasteiger partial charge in [0.05, 0.1) is 5.69 Å². The van der Waals surface area contributed by atoms with Gasteiger partial charge in [0.2, 0.25) is 5.91 Å². The maximum Gasteiger partial charge on any atom is 0.323 e. The summed E-state index contributed by atoms with van der Waals surface area (Å²) in [4.78, 5) is 43.4. The number of ether oxygens (including phenoxy) is 2. The Morgan fingerprint density at radius 2 is 1.69 bits per heavy atom. The number of carbonyl (C=O) groups excluding carboxylic acids is 3. The van der Waals surface area contributed by atoms with Crippen molar-refractivity contribution in [2.75, 3.05) is 23.7 Å². The second kappa shape index (κ2) is 11.1. The van der Waals surface area contributed by atoms with Crippen molar-refractivity contribution in [2.24, 2.45) is 5.41 Å². The molecule has 2 aliphatic rings. The Morgan fingerprint density at radius 3 is 2.41 bits per heavy atom. The SMILES string of the molecule is O=C(Nc1cc(Oc2cc(F)c(NC(=O)C3(C(=O)OCc4ccccc4)CC3)cc2F)ccn1)N1CCCC1. The molecule has 202 valence electrons. The summed E-state index contributed by atoms with van der Waals surface area (Å²) in [5.74, 6) is -3.49. The van der Waals surface area contributed by atoms with E-state index >= 15 is 0 Å². The van der Waals surface area contributed by atoms with Crippen molar-refractivity contribution in [3.05, 3.63) is 78.0 Å². The predicted molar refractivity (Wildman–Crippen MR) is 137 cm³/mol. The number of amides is 3. The molecule has 0 bridgehead atoms. The largest absolute Gasteiger partial charge is 0.460 e. The molecular formula is C28H26F2N4O5. The van der Waals surface area contributed by atoms with Crippen LogP contribution in [0.2, 0.25) is 0 Å². The third-order valence-electron chi connectivity index (χ3n) is 6.65. The Kier molecular flexibility index (Phi) is 7.40. The molecule has 39 heavy (non-hydrogen) atoms. The van der Waals surface area contributed by atoms with Crippen LogP contribution in [0.25, 0.3) is 0 Å². The first-order valence-electron chi connectivity index (χ1n) is 12.6. The van der Waals surface area contributed by atoms with Crippen LogP contribution >= 0.6 is 0 Å². The summed E-state index contributed by atoms with van der Waals surface area (Å²) in [6, 6.07) is 13.1. The minimum atomic E-state index is -1.43. The third kappa shape index (κ3) is 5.97. The highest BCUT2D eigenvalue weighted by atomic mass is 19.1. The zero-order valence-corrected chi connectivity index (χ0v) is 20.9. The standard InChI is InChI=1S/C28H26F2N4O5/c29-20-16-23(39-19-8-11-31-24(14-19)33-27(37)34-12-4-5-13-34)21(30)15-22(20)32-25(35)28(9-10-28)26(36)38-17-18-6-2-1-3-7-18/h1-3,6-8,11,14-16H,4-5,9-10,12-13,17H2,(H,32,35)(H,31,33,37). The molecule has 0 radical (unpaired) electrons. The van der Waals surface area contributed by atoms with Gasteiger partial charge < -0.3 is 19.7 Å². The third-order valence-corrected chi connectivity index (χ3v) is 6.65. The number of nitrogens with zero attached hydrogens (tertiary/aromatic N) is 2. The molecule has 0 spiro atoms. The Morgan fingerprint density at radius 1 is 0.949 bits per heavy atom. The second-order valence-electron chi connectivity index (χ2n) is 9.46. The van der Waals surface area contributed by atoms with Gasteiger partial charge in [-0.05, 0) is 37.3 Å². The van der Waals surface area contributed by atoms with Crippen LogP contribution in [-0.2, 0) is 20.9 Å². The van der Waals surface area contributed by atoms with Gasteiger partial charge in [-0.15, -0.1) is 0 Å². The number of nitrogens with one attached hydrogen (secondary N) is 2. The van der Waals surface area contributed by atoms with Gasteiger partial charge in [-0.1, -0.05) is 30.3 Å². The summed E-state index contributed by atoms with van der Waals surface area (Å²) < 4.78 is 40.5. The zero-order valence-electron chi connectivity index (χ0n) is 20.9. The highest BCUT2D eigenvalue weighted by Crippen LogP contribution is 2.48. The Balaban J connectivity index is 1.22. The number of benzene rings is 2. The van der Waals surface area contributed by atoms with Crippen LogP contribution in [0.4, 0.5) is 25.1 Å². The van der Waals surface area contributed by atoms with Gasteiger partial charge in [-0.25, -0.2) is 18.6 Å². The summed E-state index contributed by atoms with van der Waals surface area (Å²) >= 11 is 0. The minimum Gasteiger partial charge on any atom is -0.460 e. The quantitative estimate of drug-likeness (QED) is 0.301. The van der Waals surface area contributed by atoms with Crippen molar-refractivity contribution in [1.82, 2.24) is 9.88 Å². The predicted octanol–water partition coefficient (Wildman–Crippen LogP) is 5.24. The van der Waals surface area contributed by atoms with Gasteiger partial charge in [0, 0.05) is 37.5 Å². The Bertz CT molecular complexity index is 1390. The topological polar surface area (TPSA) is 110 Å². The van der Waals surface area contributed by atoms with Gasteiger partial charge in [0.25, 0.3) is 0 Å². The van der Waals surface area contributed by atoms with E-state index in [0.717, 1.165) is 30.5 Å². The van der Waals surface area contributed by atoms with Gasteiger partial charge in [0.15, 0.2) is 17.4 Å². The molecule has 2 N–H and O–H groups in total. The fraction of sp³-hybridized carbons (Fsp3) is 0.286. The second-order valence-corrected chi connectivity index (χ2v) is 9.46. The van der Waals surface area contributed by atoms with Crippen LogP contribution in [-0.4, -0.2) is 40.9 Å². The van der Waals surface area contributed by atoms with Gasteiger partial charge in [0.1, 0.15) is 23.6 Å². The summed E-state index contributed by atoms with van der Waals surface area (Å²) in [6.45, 7) is 1.32. The van der Waals surface area contributed by atoms with Crippen molar-refractivity contribution in [3.8, 4) is 11.5 Å². The van der Waals surface area contributed by atoms with Crippen LogP contribution in [0, 0.1) is 17.0 Å². The van der Waals surface area contributed by atoms with E-state index in [-0.39, 0.29) is 37.0 Å². The number of esters is 1. The normalized spacial score (nSPS) is 15.4. The van der Waals surface area contributed by atoms with Crippen LogP contribution < -0.4 is 15.4 Å². The average Bonchev–Trinajstić information content (AvgIpc) is 3.56. The number of anilines is 2. The van der Waals surface area contributed by atoms with E-state index < -0.39 is 40.4 Å². The molecule has 1 aliphatic carbocycles. The number of hydrogen-bond donors (Lipinski definition) is 2. The molecule has 1 aromatic heterocycles. The molecule has 2 fully saturated rings. The minimum absolute atomic E-state index is 0.00237. The molecule has 0 unspecified atom stereocenters. The van der Waals surface area contributed by atoms with Gasteiger partial charge in [-0.3, -0.25) is 14.9 Å². The fourth-order valence-electron chi connectivity index (χ4n) is 4.23. The summed E-state index contributed by atoms with van der Waals surface area (Å²) in [5.41, 5.74) is -1.10. The van der Waals surface area contributed by atoms with Crippen LogP contribution in [0.3, 0.4) is 0 Å². The molecular weight excluding hydrogens is 510 g/mol. The highest BCUT2D eigenvalue weighted by Gasteiger charge is 2.58. The van der Waals surface area contributed by atoms with Crippen molar-refractivity contribution < 1.29 is 32.6 Å². The van der Waals surface area contributed by atoms with E-state index in [1.807, 2.05) is 6.07 Å². The van der Waals surface area contributed by atoms with Crippen molar-refractivity contribution in [1.29, 1.82) is 0 Å². The molecule has 1 saturated carbocycles. The number of hydrogen-bond acceptors (Lipinski definition) is 6. The first-order valence-corrected chi connectivity index (χ1v) is 12.6. The maximum atomic E-state index is 14.8. The fourth-order valence-corrected chi connectivity index (χ4v) is 4.23. The van der Waals surface area contributed by atoms with E-state index in [4.69, 9.17) is 9.47 Å². The molecule has 2 aromatic carbocycles. The number of pyridine rings is 1. The van der Waals surface area contributed by atoms with Crippen molar-refractivity contribution >= 4 is 29.4 Å².